The highest BCUT2D eigenvalue weighted by Gasteiger charge is 2.29. The van der Waals surface area contributed by atoms with Gasteiger partial charge in [-0.25, -0.2) is 8.42 Å². The summed E-state index contributed by atoms with van der Waals surface area (Å²) in [6.07, 6.45) is 0. The maximum absolute atomic E-state index is 12.3. The van der Waals surface area contributed by atoms with Crippen LogP contribution in [0, 0.1) is 0 Å². The fourth-order valence-corrected chi connectivity index (χ4v) is 3.46. The summed E-state index contributed by atoms with van der Waals surface area (Å²) in [4.78, 5) is 12.3. The molecule has 1 N–H and O–H groups in total. The first-order valence-electron chi connectivity index (χ1n) is 7.47. The molecular formula is C18H20BrNO3S. The first-order valence-corrected chi connectivity index (χ1v) is 9.91. The topological polar surface area (TPSA) is 63.2 Å². The van der Waals surface area contributed by atoms with Crippen molar-refractivity contribution >= 4 is 37.4 Å². The summed E-state index contributed by atoms with van der Waals surface area (Å²) in [6.45, 7) is 5.05. The van der Waals surface area contributed by atoms with E-state index in [2.05, 4.69) is 21.2 Å². The molecule has 1 amide bonds. The van der Waals surface area contributed by atoms with Gasteiger partial charge in [-0.15, -0.1) is 0 Å². The summed E-state index contributed by atoms with van der Waals surface area (Å²) in [5.74, 6) is -0.302. The van der Waals surface area contributed by atoms with E-state index in [0.717, 1.165) is 4.47 Å². The molecule has 0 aliphatic carbocycles. The van der Waals surface area contributed by atoms with Crippen LogP contribution in [0.25, 0.3) is 0 Å². The first kappa shape index (κ1) is 18.7. The Labute approximate surface area is 151 Å². The summed E-state index contributed by atoms with van der Waals surface area (Å²) in [5, 5.41) is 2.80. The van der Waals surface area contributed by atoms with E-state index in [9.17, 15) is 13.2 Å². The van der Waals surface area contributed by atoms with E-state index in [1.165, 1.54) is 0 Å². The van der Waals surface area contributed by atoms with Gasteiger partial charge in [-0.3, -0.25) is 4.79 Å². The van der Waals surface area contributed by atoms with Crippen LogP contribution in [0.2, 0.25) is 0 Å². The van der Waals surface area contributed by atoms with Gasteiger partial charge >= 0.3 is 0 Å². The fraction of sp³-hybridized carbons (Fsp3) is 0.278. The number of benzene rings is 2. The number of hydrogen-bond donors (Lipinski definition) is 1. The van der Waals surface area contributed by atoms with Crippen LogP contribution in [0.3, 0.4) is 0 Å². The standard InChI is InChI=1S/C18H20BrNO3S/c1-18(2,3)24(22,23)12-13-6-4-9-16(10-13)20-17(21)14-7-5-8-15(19)11-14/h4-11H,12H2,1-3H3,(H,20,21). The summed E-state index contributed by atoms with van der Waals surface area (Å²) in [6, 6.07) is 14.0. The van der Waals surface area contributed by atoms with Gasteiger partial charge in [0.2, 0.25) is 0 Å². The number of carbonyl (C=O) groups excluding carboxylic acids is 1. The van der Waals surface area contributed by atoms with Crippen LogP contribution in [0.4, 0.5) is 5.69 Å². The van der Waals surface area contributed by atoms with Gasteiger partial charge in [0.1, 0.15) is 0 Å². The molecule has 0 saturated carbocycles. The number of sulfone groups is 1. The van der Waals surface area contributed by atoms with E-state index >= 15 is 0 Å². The molecular weight excluding hydrogens is 390 g/mol. The monoisotopic (exact) mass is 409 g/mol. The third-order valence-corrected chi connectivity index (χ3v) is 6.63. The minimum Gasteiger partial charge on any atom is -0.322 e. The highest BCUT2D eigenvalue weighted by molar-refractivity contribution is 9.10. The van der Waals surface area contributed by atoms with Crippen LogP contribution < -0.4 is 5.32 Å². The number of nitrogens with one attached hydrogen (secondary N) is 1. The van der Waals surface area contributed by atoms with Crippen LogP contribution in [-0.4, -0.2) is 19.1 Å². The van der Waals surface area contributed by atoms with Crippen LogP contribution in [0.1, 0.15) is 36.7 Å². The van der Waals surface area contributed by atoms with Gasteiger partial charge in [0.15, 0.2) is 9.84 Å². The van der Waals surface area contributed by atoms with Crippen LogP contribution in [0.15, 0.2) is 53.0 Å². The number of hydrogen-bond acceptors (Lipinski definition) is 3. The summed E-state index contributed by atoms with van der Waals surface area (Å²) in [5.41, 5.74) is 1.75. The van der Waals surface area contributed by atoms with Gasteiger partial charge in [-0.05, 0) is 56.7 Å². The predicted molar refractivity (Wildman–Crippen MR) is 101 cm³/mol. The second kappa shape index (κ2) is 7.07. The van der Waals surface area contributed by atoms with E-state index in [1.54, 1.807) is 63.2 Å². The number of anilines is 1. The molecule has 0 radical (unpaired) electrons. The summed E-state index contributed by atoms with van der Waals surface area (Å²) >= 11 is 3.33. The number of carbonyl (C=O) groups is 1. The van der Waals surface area contributed by atoms with Crippen molar-refractivity contribution in [2.24, 2.45) is 0 Å². The fourth-order valence-electron chi connectivity index (χ4n) is 2.01. The molecule has 2 aromatic rings. The van der Waals surface area contributed by atoms with E-state index in [1.807, 2.05) is 6.07 Å². The van der Waals surface area contributed by atoms with Crippen molar-refractivity contribution in [3.05, 3.63) is 64.1 Å². The zero-order chi connectivity index (χ0) is 18.0. The lowest BCUT2D eigenvalue weighted by molar-refractivity contribution is 0.102. The molecule has 0 aromatic heterocycles. The van der Waals surface area contributed by atoms with Gasteiger partial charge in [0, 0.05) is 15.7 Å². The Bertz CT molecular complexity index is 855. The molecule has 0 unspecified atom stereocenters. The minimum atomic E-state index is -3.27. The molecule has 0 saturated heterocycles. The van der Waals surface area contributed by atoms with Gasteiger partial charge in [-0.1, -0.05) is 34.1 Å². The highest BCUT2D eigenvalue weighted by atomic mass is 79.9. The Balaban J connectivity index is 2.18. The van der Waals surface area contributed by atoms with Crippen LogP contribution in [-0.2, 0) is 15.6 Å². The van der Waals surface area contributed by atoms with Crippen molar-refractivity contribution in [1.29, 1.82) is 0 Å². The van der Waals surface area contributed by atoms with Crippen LogP contribution >= 0.6 is 15.9 Å². The third-order valence-electron chi connectivity index (χ3n) is 3.56. The lowest BCUT2D eigenvalue weighted by Gasteiger charge is -2.19. The quantitative estimate of drug-likeness (QED) is 0.812. The Morgan fingerprint density at radius 2 is 1.75 bits per heavy atom. The average molecular weight is 410 g/mol. The SMILES string of the molecule is CC(C)(C)S(=O)(=O)Cc1cccc(NC(=O)c2cccc(Br)c2)c1. The van der Waals surface area contributed by atoms with Crippen molar-refractivity contribution < 1.29 is 13.2 Å². The van der Waals surface area contributed by atoms with Crippen molar-refractivity contribution in [3.63, 3.8) is 0 Å². The second-order valence-electron chi connectivity index (χ2n) is 6.54. The molecule has 128 valence electrons. The summed E-state index contributed by atoms with van der Waals surface area (Å²) in [7, 11) is -3.27. The third kappa shape index (κ3) is 4.68. The Hall–Kier alpha value is -1.66. The molecule has 0 aliphatic heterocycles. The van der Waals surface area contributed by atoms with Crippen LogP contribution in [0.5, 0.6) is 0 Å². The lowest BCUT2D eigenvalue weighted by atomic mass is 10.2. The van der Waals surface area contributed by atoms with Gasteiger partial charge < -0.3 is 5.32 Å². The largest absolute Gasteiger partial charge is 0.322 e. The van der Waals surface area contributed by atoms with Gasteiger partial charge in [-0.2, -0.15) is 0 Å². The Morgan fingerprint density at radius 1 is 1.08 bits per heavy atom. The number of rotatable bonds is 4. The van der Waals surface area contributed by atoms with E-state index in [-0.39, 0.29) is 11.7 Å². The predicted octanol–water partition coefficient (Wildman–Crippen LogP) is 4.41. The van der Waals surface area contributed by atoms with E-state index in [4.69, 9.17) is 0 Å². The molecule has 0 spiro atoms. The normalized spacial score (nSPS) is 12.0. The lowest BCUT2D eigenvalue weighted by Crippen LogP contribution is -2.29. The van der Waals surface area contributed by atoms with Gasteiger partial charge in [0.25, 0.3) is 5.91 Å². The zero-order valence-electron chi connectivity index (χ0n) is 13.8. The van der Waals surface area contributed by atoms with E-state index in [0.29, 0.717) is 16.8 Å². The van der Waals surface area contributed by atoms with Crippen molar-refractivity contribution in [3.8, 4) is 0 Å². The van der Waals surface area contributed by atoms with Crippen molar-refractivity contribution in [2.75, 3.05) is 5.32 Å². The minimum absolute atomic E-state index is 0.0584. The Morgan fingerprint density at radius 3 is 2.38 bits per heavy atom. The molecule has 0 fully saturated rings. The van der Waals surface area contributed by atoms with Crippen molar-refractivity contribution in [1.82, 2.24) is 0 Å². The molecule has 24 heavy (non-hydrogen) atoms. The smallest absolute Gasteiger partial charge is 0.255 e. The van der Waals surface area contributed by atoms with Crippen molar-refractivity contribution in [2.45, 2.75) is 31.3 Å². The summed E-state index contributed by atoms with van der Waals surface area (Å²) < 4.78 is 24.6. The second-order valence-corrected chi connectivity index (χ2v) is 10.2. The molecule has 0 aliphatic rings. The molecule has 2 aromatic carbocycles. The first-order chi connectivity index (χ1) is 11.1. The van der Waals surface area contributed by atoms with E-state index < -0.39 is 14.6 Å². The highest BCUT2D eigenvalue weighted by Crippen LogP contribution is 2.22. The Kier molecular flexibility index (Phi) is 5.50. The molecule has 6 heteroatoms. The molecule has 0 bridgehead atoms. The number of halogens is 1. The number of amides is 1. The average Bonchev–Trinajstić information content (AvgIpc) is 2.46. The maximum atomic E-state index is 12.3. The molecule has 0 heterocycles. The molecule has 2 rings (SSSR count). The molecule has 4 nitrogen and oxygen atoms in total. The zero-order valence-corrected chi connectivity index (χ0v) is 16.2. The maximum Gasteiger partial charge on any atom is 0.255 e. The van der Waals surface area contributed by atoms with Gasteiger partial charge in [0.05, 0.1) is 10.5 Å². The molecule has 0 atom stereocenters.